The standard InChI is InChI=1S/C32H22F2OS2/c1-21-2-4-23(5-3-21)32(35)24-8-15-28(16-9-24)36-27-13-6-22(7-14-27)30-20-26(34)12-19-31(30)37-29-17-10-25(33)11-18-29/h2-20H,1H3. The van der Waals surface area contributed by atoms with Crippen LogP contribution >= 0.6 is 23.5 Å². The molecule has 1 nitrogen and oxygen atoms in total. The van der Waals surface area contributed by atoms with Gasteiger partial charge < -0.3 is 0 Å². The number of hydrogen-bond acceptors (Lipinski definition) is 3. The zero-order chi connectivity index (χ0) is 25.8. The maximum atomic E-state index is 14.1. The summed E-state index contributed by atoms with van der Waals surface area (Å²) in [7, 11) is 0. The predicted molar refractivity (Wildman–Crippen MR) is 148 cm³/mol. The number of carbonyl (C=O) groups excluding carboxylic acids is 1. The third kappa shape index (κ3) is 6.19. The summed E-state index contributed by atoms with van der Waals surface area (Å²) in [4.78, 5) is 16.6. The quantitative estimate of drug-likeness (QED) is 0.197. The van der Waals surface area contributed by atoms with E-state index in [4.69, 9.17) is 0 Å². The molecule has 0 aliphatic heterocycles. The van der Waals surface area contributed by atoms with Gasteiger partial charge in [0.25, 0.3) is 0 Å². The molecule has 0 atom stereocenters. The maximum absolute atomic E-state index is 14.1. The first kappa shape index (κ1) is 25.0. The summed E-state index contributed by atoms with van der Waals surface area (Å²) in [5, 5.41) is 0. The highest BCUT2D eigenvalue weighted by molar-refractivity contribution is 7.99. The van der Waals surface area contributed by atoms with Crippen molar-refractivity contribution in [1.29, 1.82) is 0 Å². The zero-order valence-electron chi connectivity index (χ0n) is 20.0. The minimum Gasteiger partial charge on any atom is -0.289 e. The van der Waals surface area contributed by atoms with Crippen molar-refractivity contribution in [3.63, 3.8) is 0 Å². The van der Waals surface area contributed by atoms with Crippen molar-refractivity contribution in [3.8, 4) is 11.1 Å². The molecule has 0 saturated heterocycles. The normalized spacial score (nSPS) is 10.9. The Labute approximate surface area is 223 Å². The second-order valence-corrected chi connectivity index (χ2v) is 10.8. The largest absolute Gasteiger partial charge is 0.289 e. The average Bonchev–Trinajstić information content (AvgIpc) is 2.92. The number of benzene rings is 5. The Morgan fingerprint density at radius 1 is 0.568 bits per heavy atom. The Bertz CT molecular complexity index is 1530. The van der Waals surface area contributed by atoms with Crippen LogP contribution in [0.1, 0.15) is 21.5 Å². The second kappa shape index (κ2) is 11.2. The Morgan fingerprint density at radius 2 is 1.05 bits per heavy atom. The highest BCUT2D eigenvalue weighted by atomic mass is 32.2. The monoisotopic (exact) mass is 524 g/mol. The van der Waals surface area contributed by atoms with Crippen molar-refractivity contribution in [1.82, 2.24) is 0 Å². The van der Waals surface area contributed by atoms with Crippen LogP contribution in [0.15, 0.2) is 135 Å². The molecule has 5 rings (SSSR count). The van der Waals surface area contributed by atoms with Gasteiger partial charge in [0.05, 0.1) is 0 Å². The van der Waals surface area contributed by atoms with Crippen LogP contribution in [0.2, 0.25) is 0 Å². The molecular formula is C32H22F2OS2. The van der Waals surface area contributed by atoms with E-state index in [1.165, 1.54) is 36.0 Å². The van der Waals surface area contributed by atoms with Crippen molar-refractivity contribution in [2.45, 2.75) is 26.5 Å². The Kier molecular flexibility index (Phi) is 7.54. The summed E-state index contributed by atoms with van der Waals surface area (Å²) in [5.41, 5.74) is 4.13. The molecule has 0 aromatic heterocycles. The summed E-state index contributed by atoms with van der Waals surface area (Å²) < 4.78 is 27.4. The minimum absolute atomic E-state index is 0.00491. The number of hydrogen-bond donors (Lipinski definition) is 0. The fourth-order valence-electron chi connectivity index (χ4n) is 3.83. The van der Waals surface area contributed by atoms with E-state index in [9.17, 15) is 13.6 Å². The van der Waals surface area contributed by atoms with Gasteiger partial charge in [0.2, 0.25) is 0 Å². The van der Waals surface area contributed by atoms with E-state index in [0.717, 1.165) is 36.3 Å². The Balaban J connectivity index is 1.31. The van der Waals surface area contributed by atoms with Crippen LogP contribution in [0, 0.1) is 18.6 Å². The highest BCUT2D eigenvalue weighted by Crippen LogP contribution is 2.38. The lowest BCUT2D eigenvalue weighted by atomic mass is 10.0. The zero-order valence-corrected chi connectivity index (χ0v) is 21.6. The van der Waals surface area contributed by atoms with E-state index < -0.39 is 0 Å². The number of carbonyl (C=O) groups is 1. The number of halogens is 2. The smallest absolute Gasteiger partial charge is 0.193 e. The van der Waals surface area contributed by atoms with Crippen molar-refractivity contribution in [3.05, 3.63) is 144 Å². The van der Waals surface area contributed by atoms with Gasteiger partial charge in [0.1, 0.15) is 11.6 Å². The SMILES string of the molecule is Cc1ccc(C(=O)c2ccc(Sc3ccc(-c4cc(F)ccc4Sc4ccc(F)cc4)cc3)cc2)cc1. The van der Waals surface area contributed by atoms with Gasteiger partial charge in [-0.2, -0.15) is 0 Å². The van der Waals surface area contributed by atoms with Gasteiger partial charge in [-0.15, -0.1) is 0 Å². The summed E-state index contributed by atoms with van der Waals surface area (Å²) in [6.45, 7) is 2.00. The molecular weight excluding hydrogens is 502 g/mol. The van der Waals surface area contributed by atoms with Crippen molar-refractivity contribution >= 4 is 29.3 Å². The molecule has 0 aliphatic rings. The van der Waals surface area contributed by atoms with E-state index in [1.807, 2.05) is 79.7 Å². The third-order valence-electron chi connectivity index (χ3n) is 5.81. The molecule has 0 heterocycles. The number of aryl methyl sites for hydroxylation is 1. The van der Waals surface area contributed by atoms with Crippen LogP contribution in [-0.2, 0) is 0 Å². The van der Waals surface area contributed by atoms with Crippen LogP contribution in [0.25, 0.3) is 11.1 Å². The molecule has 0 aliphatic carbocycles. The van der Waals surface area contributed by atoms with Gasteiger partial charge in [0, 0.05) is 30.7 Å². The van der Waals surface area contributed by atoms with E-state index in [0.29, 0.717) is 11.1 Å². The van der Waals surface area contributed by atoms with Gasteiger partial charge in [-0.25, -0.2) is 8.78 Å². The second-order valence-electron chi connectivity index (χ2n) is 8.54. The van der Waals surface area contributed by atoms with Crippen LogP contribution in [-0.4, -0.2) is 5.78 Å². The maximum Gasteiger partial charge on any atom is 0.193 e. The first-order valence-electron chi connectivity index (χ1n) is 11.7. The van der Waals surface area contributed by atoms with Crippen molar-refractivity contribution in [2.24, 2.45) is 0 Å². The molecule has 0 N–H and O–H groups in total. The summed E-state index contributed by atoms with van der Waals surface area (Å²) in [6, 6.07) is 34.1. The lowest BCUT2D eigenvalue weighted by molar-refractivity contribution is 0.103. The van der Waals surface area contributed by atoms with Crippen molar-refractivity contribution in [2.75, 3.05) is 0 Å². The van der Waals surface area contributed by atoms with Crippen LogP contribution in [0.4, 0.5) is 8.78 Å². The average molecular weight is 525 g/mol. The van der Waals surface area contributed by atoms with Gasteiger partial charge in [-0.3, -0.25) is 4.79 Å². The highest BCUT2D eigenvalue weighted by Gasteiger charge is 2.11. The van der Waals surface area contributed by atoms with Gasteiger partial charge >= 0.3 is 0 Å². The first-order chi connectivity index (χ1) is 17.9. The van der Waals surface area contributed by atoms with E-state index >= 15 is 0 Å². The lowest BCUT2D eigenvalue weighted by Crippen LogP contribution is -2.00. The lowest BCUT2D eigenvalue weighted by Gasteiger charge is -2.11. The number of ketones is 1. The fourth-order valence-corrected chi connectivity index (χ4v) is 5.60. The predicted octanol–water partition coefficient (Wildman–Crippen LogP) is 9.47. The molecule has 0 bridgehead atoms. The van der Waals surface area contributed by atoms with Crippen LogP contribution < -0.4 is 0 Å². The fraction of sp³-hybridized carbons (Fsp3) is 0.0312. The molecule has 5 aromatic carbocycles. The minimum atomic E-state index is -0.308. The van der Waals surface area contributed by atoms with Crippen LogP contribution in [0.5, 0.6) is 0 Å². The van der Waals surface area contributed by atoms with Crippen molar-refractivity contribution < 1.29 is 13.6 Å². The summed E-state index contributed by atoms with van der Waals surface area (Å²) in [5.74, 6) is -0.591. The Hall–Kier alpha value is -3.67. The molecule has 5 aromatic rings. The molecule has 0 unspecified atom stereocenters. The van der Waals surface area contributed by atoms with E-state index in [2.05, 4.69) is 0 Å². The molecule has 182 valence electrons. The molecule has 0 saturated carbocycles. The molecule has 0 amide bonds. The molecule has 0 fully saturated rings. The van der Waals surface area contributed by atoms with E-state index in [-0.39, 0.29) is 17.4 Å². The van der Waals surface area contributed by atoms with Gasteiger partial charge in [-0.05, 0) is 96.9 Å². The topological polar surface area (TPSA) is 17.1 Å². The summed E-state index contributed by atoms with van der Waals surface area (Å²) >= 11 is 3.06. The first-order valence-corrected chi connectivity index (χ1v) is 13.3. The molecule has 5 heteroatoms. The van der Waals surface area contributed by atoms with Gasteiger partial charge in [-0.1, -0.05) is 65.5 Å². The van der Waals surface area contributed by atoms with Crippen LogP contribution in [0.3, 0.4) is 0 Å². The Morgan fingerprint density at radius 3 is 1.68 bits per heavy atom. The third-order valence-corrected chi connectivity index (χ3v) is 7.91. The molecule has 0 spiro atoms. The molecule has 0 radical (unpaired) electrons. The van der Waals surface area contributed by atoms with Gasteiger partial charge in [0.15, 0.2) is 5.78 Å². The summed E-state index contributed by atoms with van der Waals surface area (Å²) in [6.07, 6.45) is 0. The number of rotatable bonds is 7. The molecule has 37 heavy (non-hydrogen) atoms. The van der Waals surface area contributed by atoms with E-state index in [1.54, 1.807) is 30.0 Å².